The van der Waals surface area contributed by atoms with Gasteiger partial charge in [-0.2, -0.15) is 0 Å². The third kappa shape index (κ3) is 3.18. The van der Waals surface area contributed by atoms with Crippen LogP contribution in [-0.2, 0) is 4.79 Å². The summed E-state index contributed by atoms with van der Waals surface area (Å²) in [5, 5.41) is 18.4. The molecule has 0 aromatic heterocycles. The second kappa shape index (κ2) is 6.12. The van der Waals surface area contributed by atoms with E-state index < -0.39 is 0 Å². The lowest BCUT2D eigenvalue weighted by molar-refractivity contribution is -0.116. The molecule has 0 fully saturated rings. The van der Waals surface area contributed by atoms with Crippen molar-refractivity contribution in [1.29, 1.82) is 0 Å². The van der Waals surface area contributed by atoms with Gasteiger partial charge in [-0.05, 0) is 31.4 Å². The van der Waals surface area contributed by atoms with Gasteiger partial charge in [0.15, 0.2) is 5.78 Å². The molecule has 3 heteroatoms. The predicted molar refractivity (Wildman–Crippen MR) is 72.1 cm³/mol. The van der Waals surface area contributed by atoms with Crippen molar-refractivity contribution in [3.05, 3.63) is 34.9 Å². The summed E-state index contributed by atoms with van der Waals surface area (Å²) in [5.74, 6) is 0.157. The Kier molecular flexibility index (Phi) is 5.05. The number of aliphatic hydroxyl groups is 2. The van der Waals surface area contributed by atoms with Gasteiger partial charge in [-0.3, -0.25) is 4.79 Å². The van der Waals surface area contributed by atoms with Gasteiger partial charge in [0.2, 0.25) is 0 Å². The van der Waals surface area contributed by atoms with Crippen LogP contribution in [-0.4, -0.2) is 29.2 Å². The first-order chi connectivity index (χ1) is 8.44. The van der Waals surface area contributed by atoms with Crippen LogP contribution in [0.3, 0.4) is 0 Å². The summed E-state index contributed by atoms with van der Waals surface area (Å²) in [6.07, 6.45) is 6.66. The summed E-state index contributed by atoms with van der Waals surface area (Å²) in [7, 11) is 0. The van der Waals surface area contributed by atoms with Crippen molar-refractivity contribution in [2.45, 2.75) is 33.6 Å². The van der Waals surface area contributed by atoms with Crippen LogP contribution >= 0.6 is 0 Å². The standard InChI is InChI=1S/C15H22O3/c1-11(7-9-16)4-5-13-12(2)14(18)6-8-15(13,3)10-17/h4-5,7,16-17H,6,8-10H2,1-3H3/b5-4+,11-7+/t15-/m1/s1. The Morgan fingerprint density at radius 3 is 2.67 bits per heavy atom. The molecule has 0 radical (unpaired) electrons. The molecular weight excluding hydrogens is 228 g/mol. The molecule has 0 aliphatic heterocycles. The fourth-order valence-electron chi connectivity index (χ4n) is 2.23. The first-order valence-corrected chi connectivity index (χ1v) is 6.25. The second-order valence-corrected chi connectivity index (χ2v) is 5.14. The number of Topliss-reactive ketones (excluding diaryl/α,β-unsaturated/α-hetero) is 1. The van der Waals surface area contributed by atoms with E-state index in [1.165, 1.54) is 0 Å². The van der Waals surface area contributed by atoms with Gasteiger partial charge >= 0.3 is 0 Å². The van der Waals surface area contributed by atoms with Crippen molar-refractivity contribution < 1.29 is 15.0 Å². The van der Waals surface area contributed by atoms with E-state index in [9.17, 15) is 9.90 Å². The van der Waals surface area contributed by atoms with Crippen molar-refractivity contribution in [2.75, 3.05) is 13.2 Å². The fourth-order valence-corrected chi connectivity index (χ4v) is 2.23. The minimum absolute atomic E-state index is 0.00437. The molecule has 0 spiro atoms. The Bertz CT molecular complexity index is 415. The first kappa shape index (κ1) is 14.9. The predicted octanol–water partition coefficient (Wildman–Crippen LogP) is 2.16. The largest absolute Gasteiger partial charge is 0.395 e. The molecular formula is C15H22O3. The average Bonchev–Trinajstić information content (AvgIpc) is 2.34. The Morgan fingerprint density at radius 2 is 2.11 bits per heavy atom. The molecule has 0 amide bonds. The summed E-state index contributed by atoms with van der Waals surface area (Å²) in [4.78, 5) is 11.8. The van der Waals surface area contributed by atoms with Gasteiger partial charge in [-0.25, -0.2) is 0 Å². The van der Waals surface area contributed by atoms with Crippen molar-refractivity contribution in [2.24, 2.45) is 5.41 Å². The number of rotatable bonds is 4. The van der Waals surface area contributed by atoms with Gasteiger partial charge in [0.05, 0.1) is 13.2 Å². The minimum Gasteiger partial charge on any atom is -0.395 e. The van der Waals surface area contributed by atoms with Crippen molar-refractivity contribution in [3.63, 3.8) is 0 Å². The van der Waals surface area contributed by atoms with Gasteiger partial charge in [0, 0.05) is 11.8 Å². The monoisotopic (exact) mass is 250 g/mol. The Hall–Kier alpha value is -1.19. The van der Waals surface area contributed by atoms with Crippen LogP contribution in [0.2, 0.25) is 0 Å². The van der Waals surface area contributed by atoms with Gasteiger partial charge in [0.1, 0.15) is 0 Å². The zero-order valence-electron chi connectivity index (χ0n) is 11.4. The fraction of sp³-hybridized carbons (Fsp3) is 0.533. The van der Waals surface area contributed by atoms with Crippen molar-refractivity contribution >= 4 is 5.78 Å². The molecule has 0 aromatic rings. The number of hydrogen-bond donors (Lipinski definition) is 2. The van der Waals surface area contributed by atoms with Crippen LogP contribution in [0.15, 0.2) is 34.9 Å². The van der Waals surface area contributed by atoms with Gasteiger partial charge in [-0.1, -0.05) is 30.7 Å². The summed E-state index contributed by atoms with van der Waals surface area (Å²) in [5.41, 5.74) is 2.25. The summed E-state index contributed by atoms with van der Waals surface area (Å²) < 4.78 is 0. The van der Waals surface area contributed by atoms with Crippen LogP contribution in [0.1, 0.15) is 33.6 Å². The molecule has 1 atom stereocenters. The molecule has 0 heterocycles. The molecule has 18 heavy (non-hydrogen) atoms. The quantitative estimate of drug-likeness (QED) is 0.752. The molecule has 1 aliphatic rings. The maximum absolute atomic E-state index is 11.8. The van der Waals surface area contributed by atoms with Crippen molar-refractivity contribution in [1.82, 2.24) is 0 Å². The molecule has 1 aliphatic carbocycles. The van der Waals surface area contributed by atoms with E-state index in [4.69, 9.17) is 5.11 Å². The molecule has 0 bridgehead atoms. The van der Waals surface area contributed by atoms with Crippen LogP contribution in [0, 0.1) is 5.41 Å². The molecule has 100 valence electrons. The van der Waals surface area contributed by atoms with Crippen LogP contribution < -0.4 is 0 Å². The highest BCUT2D eigenvalue weighted by atomic mass is 16.3. The second-order valence-electron chi connectivity index (χ2n) is 5.14. The number of carbonyl (C=O) groups excluding carboxylic acids is 1. The highest BCUT2D eigenvalue weighted by Crippen LogP contribution is 2.39. The molecule has 1 rings (SSSR count). The van der Waals surface area contributed by atoms with Crippen LogP contribution in [0.4, 0.5) is 0 Å². The summed E-state index contributed by atoms with van der Waals surface area (Å²) in [6.45, 7) is 5.74. The lowest BCUT2D eigenvalue weighted by Gasteiger charge is -2.34. The van der Waals surface area contributed by atoms with E-state index in [1.54, 1.807) is 6.08 Å². The Morgan fingerprint density at radius 1 is 1.44 bits per heavy atom. The first-order valence-electron chi connectivity index (χ1n) is 6.25. The number of carbonyl (C=O) groups is 1. The number of hydrogen-bond acceptors (Lipinski definition) is 3. The van der Waals surface area contributed by atoms with E-state index in [0.29, 0.717) is 12.8 Å². The number of aliphatic hydroxyl groups excluding tert-OH is 2. The highest BCUT2D eigenvalue weighted by Gasteiger charge is 2.34. The number of ketones is 1. The smallest absolute Gasteiger partial charge is 0.158 e. The minimum atomic E-state index is -0.339. The van der Waals surface area contributed by atoms with Gasteiger partial charge in [0.25, 0.3) is 0 Å². The zero-order valence-corrected chi connectivity index (χ0v) is 11.4. The maximum atomic E-state index is 11.8. The van der Waals surface area contributed by atoms with E-state index in [-0.39, 0.29) is 24.4 Å². The molecule has 3 nitrogen and oxygen atoms in total. The SMILES string of the molecule is CC1=C(/C=C/C(C)=C/CO)[C@@](C)(CO)CCC1=O. The van der Waals surface area contributed by atoms with Crippen molar-refractivity contribution in [3.8, 4) is 0 Å². The van der Waals surface area contributed by atoms with E-state index in [1.807, 2.05) is 32.9 Å². The summed E-state index contributed by atoms with van der Waals surface area (Å²) in [6, 6.07) is 0. The van der Waals surface area contributed by atoms with Gasteiger partial charge in [-0.15, -0.1) is 0 Å². The van der Waals surface area contributed by atoms with Crippen LogP contribution in [0.5, 0.6) is 0 Å². The third-order valence-corrected chi connectivity index (χ3v) is 3.65. The average molecular weight is 250 g/mol. The number of allylic oxidation sites excluding steroid dienone is 4. The van der Waals surface area contributed by atoms with E-state index in [2.05, 4.69) is 0 Å². The van der Waals surface area contributed by atoms with E-state index in [0.717, 1.165) is 16.7 Å². The molecule has 0 aromatic carbocycles. The Labute approximate surface area is 109 Å². The highest BCUT2D eigenvalue weighted by molar-refractivity contribution is 5.97. The van der Waals surface area contributed by atoms with E-state index >= 15 is 0 Å². The van der Waals surface area contributed by atoms with Crippen LogP contribution in [0.25, 0.3) is 0 Å². The Balaban J connectivity index is 3.10. The zero-order chi connectivity index (χ0) is 13.8. The summed E-state index contributed by atoms with van der Waals surface area (Å²) >= 11 is 0. The third-order valence-electron chi connectivity index (χ3n) is 3.65. The molecule has 2 N–H and O–H groups in total. The molecule has 0 unspecified atom stereocenters. The molecule has 0 saturated carbocycles. The lowest BCUT2D eigenvalue weighted by Crippen LogP contribution is -2.30. The normalized spacial score (nSPS) is 26.3. The topological polar surface area (TPSA) is 57.5 Å². The molecule has 0 saturated heterocycles. The van der Waals surface area contributed by atoms with Gasteiger partial charge < -0.3 is 10.2 Å². The lowest BCUT2D eigenvalue weighted by atomic mass is 9.71. The maximum Gasteiger partial charge on any atom is 0.158 e.